The number of aromatic hydroxyl groups is 1. The van der Waals surface area contributed by atoms with Crippen molar-refractivity contribution < 1.29 is 14.6 Å². The largest absolute Gasteiger partial charge is 0.504 e. The second-order valence-corrected chi connectivity index (χ2v) is 10.7. The lowest BCUT2D eigenvalue weighted by molar-refractivity contribution is -0.0844. The predicted molar refractivity (Wildman–Crippen MR) is 135 cm³/mol. The first-order valence-electron chi connectivity index (χ1n) is 11.5. The van der Waals surface area contributed by atoms with Gasteiger partial charge in [0.05, 0.1) is 15.7 Å². The van der Waals surface area contributed by atoms with Gasteiger partial charge in [0.15, 0.2) is 17.2 Å². The van der Waals surface area contributed by atoms with Gasteiger partial charge in [-0.15, -0.1) is 0 Å². The van der Waals surface area contributed by atoms with Crippen LogP contribution in [0, 0.1) is 17.3 Å². The van der Waals surface area contributed by atoms with E-state index in [1.807, 2.05) is 0 Å². The number of fused-ring (bicyclic) bond motifs is 2. The summed E-state index contributed by atoms with van der Waals surface area (Å²) >= 11 is 12.7. The van der Waals surface area contributed by atoms with Crippen molar-refractivity contribution in [1.82, 2.24) is 20.1 Å². The number of nitrogens with one attached hydrogen (secondary N) is 2. The monoisotopic (exact) mass is 530 g/mol. The number of H-pyrrole nitrogens is 1. The first-order chi connectivity index (χ1) is 17.0. The number of nitrogens with zero attached hydrogens (tertiary/aromatic N) is 2. The van der Waals surface area contributed by atoms with Crippen LogP contribution < -0.4 is 21.3 Å². The van der Waals surface area contributed by atoms with Crippen LogP contribution in [-0.2, 0) is 0 Å². The molecule has 1 heterocycles. The molecule has 3 aliphatic carbocycles. The third kappa shape index (κ3) is 4.26. The first kappa shape index (κ1) is 24.4. The van der Waals surface area contributed by atoms with E-state index >= 15 is 0 Å². The molecule has 6 rings (SSSR count). The second kappa shape index (κ2) is 8.97. The number of amides is 1. The average molecular weight is 531 g/mol. The highest BCUT2D eigenvalue weighted by molar-refractivity contribution is 6.37. The van der Waals surface area contributed by atoms with E-state index in [0.29, 0.717) is 11.5 Å². The van der Waals surface area contributed by atoms with Crippen molar-refractivity contribution in [3.63, 3.8) is 0 Å². The highest BCUT2D eigenvalue weighted by Gasteiger charge is 2.54. The molecular weight excluding hydrogens is 507 g/mol. The Balaban J connectivity index is 1.38. The molecule has 3 N–H and O–H groups in total. The number of aromatic nitrogens is 3. The molecule has 3 fully saturated rings. The van der Waals surface area contributed by atoms with Crippen molar-refractivity contribution in [3.8, 4) is 22.9 Å². The van der Waals surface area contributed by atoms with Gasteiger partial charge in [-0.2, -0.15) is 9.78 Å². The lowest BCUT2D eigenvalue weighted by atomic mass is 9.47. The van der Waals surface area contributed by atoms with E-state index in [9.17, 15) is 19.5 Å². The normalized spacial score (nSPS) is 21.9. The quantitative estimate of drug-likeness (QED) is 0.451. The maximum Gasteiger partial charge on any atom is 0.349 e. The van der Waals surface area contributed by atoms with E-state index in [1.165, 1.54) is 30.3 Å². The molecule has 2 bridgehead atoms. The van der Waals surface area contributed by atoms with Gasteiger partial charge >= 0.3 is 5.69 Å². The highest BCUT2D eigenvalue weighted by Crippen LogP contribution is 2.59. The smallest absolute Gasteiger partial charge is 0.349 e. The molecule has 2 aromatic carbocycles. The van der Waals surface area contributed by atoms with Crippen LogP contribution in [0.15, 0.2) is 46.1 Å². The van der Waals surface area contributed by atoms with Crippen LogP contribution in [0.4, 0.5) is 0 Å². The number of carbonyl (C=O) groups is 1. The number of benzene rings is 2. The van der Waals surface area contributed by atoms with Crippen LogP contribution in [0.1, 0.15) is 43.5 Å². The maximum absolute atomic E-state index is 13.0. The Bertz CT molecular complexity index is 1460. The first-order valence-corrected chi connectivity index (χ1v) is 12.3. The molecule has 9 nitrogen and oxygen atoms in total. The summed E-state index contributed by atoms with van der Waals surface area (Å²) in [6.07, 6.45) is 4.14. The number of hydrogen-bond acceptors (Lipinski definition) is 6. The number of phenolic OH excluding ortho intramolecular Hbond substituents is 1. The molecule has 1 aromatic heterocycles. The molecule has 36 heavy (non-hydrogen) atoms. The molecule has 1 amide bonds. The number of ether oxygens (including phenoxy) is 1. The van der Waals surface area contributed by atoms with Gasteiger partial charge in [0, 0.05) is 11.6 Å². The van der Waals surface area contributed by atoms with Crippen molar-refractivity contribution in [1.29, 1.82) is 0 Å². The Labute approximate surface area is 216 Å². The average Bonchev–Trinajstić information content (AvgIpc) is 2.82. The van der Waals surface area contributed by atoms with Gasteiger partial charge in [-0.1, -0.05) is 37.0 Å². The van der Waals surface area contributed by atoms with Crippen LogP contribution in [0.25, 0.3) is 5.69 Å². The molecular formula is C25H24Cl2N4O5. The van der Waals surface area contributed by atoms with Gasteiger partial charge in [-0.25, -0.2) is 4.79 Å². The van der Waals surface area contributed by atoms with Crippen molar-refractivity contribution in [2.45, 2.75) is 39.2 Å². The summed E-state index contributed by atoms with van der Waals surface area (Å²) in [6, 6.07) is 7.18. The summed E-state index contributed by atoms with van der Waals surface area (Å²) in [7, 11) is 0. The van der Waals surface area contributed by atoms with Gasteiger partial charge < -0.3 is 15.2 Å². The molecule has 3 atom stereocenters. The third-order valence-corrected chi connectivity index (χ3v) is 8.11. The van der Waals surface area contributed by atoms with E-state index in [-0.39, 0.29) is 50.3 Å². The zero-order valence-electron chi connectivity index (χ0n) is 19.5. The minimum absolute atomic E-state index is 0.00813. The van der Waals surface area contributed by atoms with Crippen LogP contribution in [0.3, 0.4) is 0 Å². The van der Waals surface area contributed by atoms with Crippen molar-refractivity contribution in [3.05, 3.63) is 73.0 Å². The Kier molecular flexibility index (Phi) is 6.08. The highest BCUT2D eigenvalue weighted by atomic mass is 35.5. The number of aromatic amines is 1. The summed E-state index contributed by atoms with van der Waals surface area (Å²) in [6.45, 7) is 4.53. The molecule has 3 aromatic rings. The van der Waals surface area contributed by atoms with Gasteiger partial charge in [0.2, 0.25) is 0 Å². The Morgan fingerprint density at radius 3 is 2.56 bits per heavy atom. The van der Waals surface area contributed by atoms with Gasteiger partial charge in [-0.05, 0) is 66.8 Å². The van der Waals surface area contributed by atoms with Crippen LogP contribution in [0.5, 0.6) is 17.2 Å². The molecule has 3 aliphatic rings. The summed E-state index contributed by atoms with van der Waals surface area (Å²) in [5.74, 6) is 0.731. The fourth-order valence-electron chi connectivity index (χ4n) is 5.39. The van der Waals surface area contributed by atoms with Crippen LogP contribution in [-0.4, -0.2) is 31.8 Å². The second-order valence-electron chi connectivity index (χ2n) is 9.89. The number of halogens is 2. The molecule has 11 heteroatoms. The topological polar surface area (TPSA) is 126 Å². The summed E-state index contributed by atoms with van der Waals surface area (Å²) in [5.41, 5.74) is -0.649. The van der Waals surface area contributed by atoms with Crippen molar-refractivity contribution in [2.24, 2.45) is 17.3 Å². The lowest BCUT2D eigenvalue weighted by Gasteiger charge is -2.60. The summed E-state index contributed by atoms with van der Waals surface area (Å²) in [5, 5.41) is 17.3. The zero-order chi connectivity index (χ0) is 25.8. The maximum atomic E-state index is 13.0. The van der Waals surface area contributed by atoms with E-state index in [2.05, 4.69) is 29.2 Å². The number of rotatable bonds is 5. The van der Waals surface area contributed by atoms with Gasteiger partial charge in [0.25, 0.3) is 11.5 Å². The van der Waals surface area contributed by atoms with Gasteiger partial charge in [-0.3, -0.25) is 14.6 Å². The minimum atomic E-state index is -0.765. The van der Waals surface area contributed by atoms with Crippen LogP contribution >= 0.6 is 23.2 Å². The molecule has 0 saturated heterocycles. The molecule has 1 unspecified atom stereocenters. The zero-order valence-corrected chi connectivity index (χ0v) is 21.1. The van der Waals surface area contributed by atoms with E-state index < -0.39 is 11.2 Å². The number of carbonyl (C=O) groups excluding carboxylic acids is 1. The molecule has 0 radical (unpaired) electrons. The van der Waals surface area contributed by atoms with E-state index in [4.69, 9.17) is 27.9 Å². The molecule has 3 saturated carbocycles. The van der Waals surface area contributed by atoms with E-state index in [1.54, 1.807) is 0 Å². The molecule has 188 valence electrons. The fraction of sp³-hybridized carbons (Fsp3) is 0.360. The Morgan fingerprint density at radius 2 is 1.92 bits per heavy atom. The Morgan fingerprint density at radius 1 is 1.19 bits per heavy atom. The number of phenols is 1. The SMILES string of the molecule is CC1(C)[C@@H]2CCC(NC(=O)c3ccc(O)c(Oc4c(Cl)cc(-n5ncc(=O)[nH]c5=O)cc4Cl)c3)[C@H]1C2. The predicted octanol–water partition coefficient (Wildman–Crippen LogP) is 4.28. The third-order valence-electron chi connectivity index (χ3n) is 7.55. The van der Waals surface area contributed by atoms with E-state index in [0.717, 1.165) is 36.1 Å². The number of hydrogen-bond donors (Lipinski definition) is 3. The van der Waals surface area contributed by atoms with Gasteiger partial charge in [0.1, 0.15) is 6.20 Å². The standard InChI is InChI=1S/C25H24Cl2N4O5/c1-25(2)13-4-5-18(15(25)8-13)29-23(34)12-3-6-19(32)20(7-12)36-22-16(26)9-14(10-17(22)27)31-24(35)30-21(33)11-28-31/h3,6-7,9-11,13,15,18,32H,4-5,8H2,1-2H3,(H,29,34)(H,30,33,35)/t13-,15-,18?/m1/s1. The summed E-state index contributed by atoms with van der Waals surface area (Å²) in [4.78, 5) is 38.4. The minimum Gasteiger partial charge on any atom is -0.504 e. The van der Waals surface area contributed by atoms with Crippen LogP contribution in [0.2, 0.25) is 10.0 Å². The fourth-order valence-corrected chi connectivity index (χ4v) is 5.94. The molecule has 0 spiro atoms. The summed E-state index contributed by atoms with van der Waals surface area (Å²) < 4.78 is 6.71. The Hall–Kier alpha value is -3.30. The lowest BCUT2D eigenvalue weighted by Crippen LogP contribution is -2.59. The molecule has 0 aliphatic heterocycles. The van der Waals surface area contributed by atoms with Crippen molar-refractivity contribution in [2.75, 3.05) is 0 Å². The van der Waals surface area contributed by atoms with Crippen molar-refractivity contribution >= 4 is 29.1 Å².